The van der Waals surface area contributed by atoms with Crippen molar-refractivity contribution >= 4 is 39.5 Å². The molecule has 0 atom stereocenters. The highest BCUT2D eigenvalue weighted by Gasteiger charge is 2.32. The van der Waals surface area contributed by atoms with Crippen LogP contribution in [0.25, 0.3) is 16.3 Å². The Bertz CT molecular complexity index is 1140. The molecule has 4 rings (SSSR count). The van der Waals surface area contributed by atoms with Gasteiger partial charge in [-0.25, -0.2) is 9.98 Å². The van der Waals surface area contributed by atoms with Crippen LogP contribution in [0.4, 0.5) is 13.2 Å². The summed E-state index contributed by atoms with van der Waals surface area (Å²) in [4.78, 5) is 20.5. The van der Waals surface area contributed by atoms with Crippen molar-refractivity contribution in [3.05, 3.63) is 64.8 Å². The molecule has 1 aliphatic rings. The van der Waals surface area contributed by atoms with E-state index in [1.165, 1.54) is 29.5 Å². The lowest BCUT2D eigenvalue weighted by Crippen LogP contribution is -2.25. The van der Waals surface area contributed by atoms with Crippen molar-refractivity contribution in [2.45, 2.75) is 12.9 Å². The molecule has 2 N–H and O–H groups in total. The number of hydrogen-bond donors (Lipinski definition) is 2. The van der Waals surface area contributed by atoms with Gasteiger partial charge in [0.25, 0.3) is 5.91 Å². The summed E-state index contributed by atoms with van der Waals surface area (Å²) < 4.78 is 42.5. The molecule has 0 radical (unpaired) electrons. The molecule has 29 heavy (non-hydrogen) atoms. The summed E-state index contributed by atoms with van der Waals surface area (Å²) in [5, 5.41) is 5.40. The van der Waals surface area contributed by atoms with E-state index in [9.17, 15) is 18.0 Å². The fraction of sp³-hybridized carbons (Fsp3) is 0.105. The Balaban J connectivity index is 1.50. The number of fused-ring (bicyclic) bond motifs is 1. The van der Waals surface area contributed by atoms with E-state index in [2.05, 4.69) is 25.3 Å². The second kappa shape index (κ2) is 7.55. The molecule has 0 unspecified atom stereocenters. The molecular formula is C19H13F3N4O2S. The normalized spacial score (nSPS) is 17.0. The third kappa shape index (κ3) is 4.54. The predicted molar refractivity (Wildman–Crippen MR) is 103 cm³/mol. The zero-order valence-corrected chi connectivity index (χ0v) is 15.5. The maximum Gasteiger partial charge on any atom is 0.573 e. The van der Waals surface area contributed by atoms with Gasteiger partial charge in [0.1, 0.15) is 11.4 Å². The van der Waals surface area contributed by atoms with Gasteiger partial charge in [0, 0.05) is 5.56 Å². The van der Waals surface area contributed by atoms with Crippen molar-refractivity contribution in [3.63, 3.8) is 0 Å². The summed E-state index contributed by atoms with van der Waals surface area (Å²) in [6, 6.07) is 11.3. The van der Waals surface area contributed by atoms with Gasteiger partial charge >= 0.3 is 6.36 Å². The summed E-state index contributed by atoms with van der Waals surface area (Å²) in [7, 11) is 0. The summed E-state index contributed by atoms with van der Waals surface area (Å²) in [5.41, 5.74) is 3.95. The van der Waals surface area contributed by atoms with Crippen LogP contribution in [0.2, 0.25) is 0 Å². The van der Waals surface area contributed by atoms with Gasteiger partial charge in [0.05, 0.1) is 22.3 Å². The van der Waals surface area contributed by atoms with Gasteiger partial charge in [-0.05, 0) is 29.8 Å². The number of guanidine groups is 1. The Kier molecular flexibility index (Phi) is 4.93. The molecule has 0 bridgehead atoms. The van der Waals surface area contributed by atoms with Crippen LogP contribution in [0.5, 0.6) is 5.75 Å². The maximum atomic E-state index is 12.5. The lowest BCUT2D eigenvalue weighted by Gasteiger charge is -2.12. The minimum Gasteiger partial charge on any atom is -0.405 e. The van der Waals surface area contributed by atoms with Crippen LogP contribution in [0, 0.1) is 0 Å². The third-order valence-electron chi connectivity index (χ3n) is 4.00. The number of alkyl halides is 3. The fourth-order valence-corrected chi connectivity index (χ4v) is 3.45. The number of carbonyl (C=O) groups is 1. The van der Waals surface area contributed by atoms with Gasteiger partial charge in [-0.3, -0.25) is 10.1 Å². The highest BCUT2D eigenvalue weighted by atomic mass is 32.1. The van der Waals surface area contributed by atoms with E-state index in [4.69, 9.17) is 0 Å². The van der Waals surface area contributed by atoms with Crippen molar-refractivity contribution < 1.29 is 22.7 Å². The quantitative estimate of drug-likeness (QED) is 0.632. The first kappa shape index (κ1) is 18.9. The molecule has 0 spiro atoms. The largest absolute Gasteiger partial charge is 0.573 e. The summed E-state index contributed by atoms with van der Waals surface area (Å²) >= 11 is 1.49. The number of benzene rings is 2. The minimum absolute atomic E-state index is 0.102. The van der Waals surface area contributed by atoms with E-state index in [0.29, 0.717) is 0 Å². The van der Waals surface area contributed by atoms with Crippen LogP contribution < -0.4 is 15.4 Å². The lowest BCUT2D eigenvalue weighted by atomic mass is 10.2. The standard InChI is InChI=1S/C19H13F3N4O2S/c20-19(21,22)28-15-4-2-1-3-12(15)9-23-18-25-14(17(27)26-18)7-11-5-6-13-16(8-11)29-10-24-13/h1-8,10H,9H2,(H2,23,25,26,27)/b14-7-. The van der Waals surface area contributed by atoms with Gasteiger partial charge in [-0.2, -0.15) is 0 Å². The van der Waals surface area contributed by atoms with Gasteiger partial charge < -0.3 is 10.1 Å². The molecule has 1 saturated heterocycles. The van der Waals surface area contributed by atoms with Crippen LogP contribution in [0.15, 0.2) is 58.7 Å². The van der Waals surface area contributed by atoms with E-state index in [1.54, 1.807) is 17.7 Å². The Morgan fingerprint density at radius 3 is 2.83 bits per heavy atom. The van der Waals surface area contributed by atoms with Crippen LogP contribution in [0.3, 0.4) is 0 Å². The van der Waals surface area contributed by atoms with Crippen LogP contribution in [0.1, 0.15) is 11.1 Å². The van der Waals surface area contributed by atoms with Gasteiger partial charge in [0.15, 0.2) is 0 Å². The smallest absolute Gasteiger partial charge is 0.405 e. The molecule has 2 aromatic carbocycles. The SMILES string of the molecule is O=C1NC(=NCc2ccccc2OC(F)(F)F)N/C1=C\c1ccc2ncsc2c1. The molecule has 0 aliphatic carbocycles. The van der Waals surface area contributed by atoms with E-state index in [0.717, 1.165) is 15.8 Å². The summed E-state index contributed by atoms with van der Waals surface area (Å²) in [6.07, 6.45) is -3.13. The summed E-state index contributed by atoms with van der Waals surface area (Å²) in [6.45, 7) is -0.102. The highest BCUT2D eigenvalue weighted by molar-refractivity contribution is 7.16. The first-order chi connectivity index (χ1) is 13.9. The van der Waals surface area contributed by atoms with Crippen molar-refractivity contribution in [1.29, 1.82) is 0 Å². The number of thiazole rings is 1. The molecule has 1 aromatic heterocycles. The summed E-state index contributed by atoms with van der Waals surface area (Å²) in [5.74, 6) is -0.558. The Hall–Kier alpha value is -3.40. The number of ether oxygens (including phenoxy) is 1. The van der Waals surface area contributed by atoms with Crippen molar-refractivity contribution in [2.24, 2.45) is 4.99 Å². The number of amides is 1. The Labute approximate surface area is 166 Å². The number of aromatic nitrogens is 1. The molecule has 148 valence electrons. The zero-order valence-electron chi connectivity index (χ0n) is 14.7. The zero-order chi connectivity index (χ0) is 20.4. The average Bonchev–Trinajstić information content (AvgIpc) is 3.26. The number of carbonyl (C=O) groups excluding carboxylic acids is 1. The number of rotatable bonds is 4. The monoisotopic (exact) mass is 418 g/mol. The number of para-hydroxylation sites is 1. The fourth-order valence-electron chi connectivity index (χ4n) is 2.72. The highest BCUT2D eigenvalue weighted by Crippen LogP contribution is 2.27. The number of nitrogens with zero attached hydrogens (tertiary/aromatic N) is 2. The van der Waals surface area contributed by atoms with Crippen LogP contribution in [-0.4, -0.2) is 23.2 Å². The minimum atomic E-state index is -4.79. The molecular weight excluding hydrogens is 405 g/mol. The van der Waals surface area contributed by atoms with E-state index >= 15 is 0 Å². The Morgan fingerprint density at radius 1 is 1.17 bits per heavy atom. The molecule has 1 aliphatic heterocycles. The van der Waals surface area contributed by atoms with Gasteiger partial charge in [0.2, 0.25) is 5.96 Å². The topological polar surface area (TPSA) is 75.6 Å². The Morgan fingerprint density at radius 2 is 2.00 bits per heavy atom. The number of halogens is 3. The first-order valence-corrected chi connectivity index (χ1v) is 9.27. The molecule has 1 fully saturated rings. The molecule has 3 aromatic rings. The van der Waals surface area contributed by atoms with Crippen molar-refractivity contribution in [2.75, 3.05) is 0 Å². The van der Waals surface area contributed by atoms with Gasteiger partial charge in [-0.15, -0.1) is 24.5 Å². The first-order valence-electron chi connectivity index (χ1n) is 8.39. The number of aliphatic imine (C=N–C) groups is 1. The molecule has 2 heterocycles. The van der Waals surface area contributed by atoms with Crippen molar-refractivity contribution in [3.8, 4) is 5.75 Å². The molecule has 10 heteroatoms. The van der Waals surface area contributed by atoms with Crippen LogP contribution >= 0.6 is 11.3 Å². The second-order valence-electron chi connectivity index (χ2n) is 6.04. The molecule has 6 nitrogen and oxygen atoms in total. The second-order valence-corrected chi connectivity index (χ2v) is 6.92. The maximum absolute atomic E-state index is 12.5. The predicted octanol–water partition coefficient (Wildman–Crippen LogP) is 3.81. The van der Waals surface area contributed by atoms with Crippen molar-refractivity contribution in [1.82, 2.24) is 15.6 Å². The van der Waals surface area contributed by atoms with Gasteiger partial charge in [-0.1, -0.05) is 24.3 Å². The molecule has 1 amide bonds. The van der Waals surface area contributed by atoms with E-state index in [-0.39, 0.29) is 35.4 Å². The average molecular weight is 418 g/mol. The molecule has 0 saturated carbocycles. The van der Waals surface area contributed by atoms with Crippen LogP contribution in [-0.2, 0) is 11.3 Å². The third-order valence-corrected chi connectivity index (χ3v) is 4.79. The number of nitrogens with one attached hydrogen (secondary N) is 2. The number of hydrogen-bond acceptors (Lipinski definition) is 5. The van der Waals surface area contributed by atoms with E-state index < -0.39 is 6.36 Å². The lowest BCUT2D eigenvalue weighted by molar-refractivity contribution is -0.274. The van der Waals surface area contributed by atoms with E-state index in [1.807, 2.05) is 18.2 Å².